The molecule has 1 aromatic rings. The van der Waals surface area contributed by atoms with E-state index >= 15 is 0 Å². The van der Waals surface area contributed by atoms with E-state index in [1.165, 1.54) is 11.0 Å². The second-order valence-electron chi connectivity index (χ2n) is 3.70. The second-order valence-corrected chi connectivity index (χ2v) is 3.70. The summed E-state index contributed by atoms with van der Waals surface area (Å²) in [7, 11) is 0. The number of carboxylic acids is 1. The molecule has 0 heterocycles. The predicted molar refractivity (Wildman–Crippen MR) is 66.5 cm³/mol. The number of rotatable bonds is 5. The van der Waals surface area contributed by atoms with Gasteiger partial charge in [-0.3, -0.25) is 14.9 Å². The lowest BCUT2D eigenvalue weighted by Crippen LogP contribution is -2.30. The third-order valence-electron chi connectivity index (χ3n) is 2.28. The number of terminal acetylenes is 1. The number of carbonyl (C=O) groups is 1. The maximum absolute atomic E-state index is 10.9. The summed E-state index contributed by atoms with van der Waals surface area (Å²) in [5.74, 6) is 1.20. The molecule has 1 aromatic carbocycles. The van der Waals surface area contributed by atoms with Crippen LogP contribution in [0.3, 0.4) is 0 Å². The number of nitro benzene ring substituents is 1. The zero-order valence-electron chi connectivity index (χ0n) is 9.79. The molecule has 0 saturated carbocycles. The van der Waals surface area contributed by atoms with Gasteiger partial charge in [0.05, 0.1) is 11.5 Å². The van der Waals surface area contributed by atoms with Crippen LogP contribution in [-0.2, 0) is 4.79 Å². The highest BCUT2D eigenvalue weighted by molar-refractivity contribution is 5.76. The molecular formula is C12H12N2O4. The van der Waals surface area contributed by atoms with Gasteiger partial charge in [-0.15, -0.1) is 6.42 Å². The summed E-state index contributed by atoms with van der Waals surface area (Å²) in [4.78, 5) is 22.4. The third kappa shape index (κ3) is 3.22. The largest absolute Gasteiger partial charge is 0.480 e. The average Bonchev–Trinajstić information content (AvgIpc) is 2.27. The minimum Gasteiger partial charge on any atom is -0.480 e. The highest BCUT2D eigenvalue weighted by atomic mass is 16.6. The minimum atomic E-state index is -1.10. The summed E-state index contributed by atoms with van der Waals surface area (Å²) in [6.45, 7) is 1.38. The van der Waals surface area contributed by atoms with Crippen molar-refractivity contribution in [1.29, 1.82) is 0 Å². The Morgan fingerprint density at radius 3 is 2.78 bits per heavy atom. The van der Waals surface area contributed by atoms with E-state index < -0.39 is 10.9 Å². The van der Waals surface area contributed by atoms with Crippen LogP contribution in [0.1, 0.15) is 5.56 Å². The molecule has 0 unspecified atom stereocenters. The van der Waals surface area contributed by atoms with E-state index in [9.17, 15) is 14.9 Å². The number of benzene rings is 1. The molecule has 0 spiro atoms. The first-order valence-corrected chi connectivity index (χ1v) is 5.11. The first-order chi connectivity index (χ1) is 8.45. The number of aliphatic carboxylic acids is 1. The molecule has 0 saturated heterocycles. The maximum atomic E-state index is 10.9. The van der Waals surface area contributed by atoms with Crippen molar-refractivity contribution in [3.05, 3.63) is 33.9 Å². The molecule has 94 valence electrons. The Balaban J connectivity index is 3.25. The first-order valence-electron chi connectivity index (χ1n) is 5.11. The molecule has 1 N–H and O–H groups in total. The van der Waals surface area contributed by atoms with Crippen molar-refractivity contribution in [2.75, 3.05) is 18.0 Å². The second kappa shape index (κ2) is 5.68. The normalized spacial score (nSPS) is 9.56. The van der Waals surface area contributed by atoms with E-state index in [1.54, 1.807) is 19.1 Å². The van der Waals surface area contributed by atoms with Gasteiger partial charge >= 0.3 is 5.97 Å². The molecule has 0 amide bonds. The number of aryl methyl sites for hydroxylation is 1. The van der Waals surface area contributed by atoms with Crippen LogP contribution in [0.5, 0.6) is 0 Å². The van der Waals surface area contributed by atoms with Crippen molar-refractivity contribution < 1.29 is 14.8 Å². The minimum absolute atomic E-state index is 0.00338. The van der Waals surface area contributed by atoms with Crippen molar-refractivity contribution in [2.24, 2.45) is 0 Å². The predicted octanol–water partition coefficient (Wildman–Crippen LogP) is 1.43. The number of anilines is 1. The van der Waals surface area contributed by atoms with Crippen LogP contribution in [0.4, 0.5) is 11.4 Å². The zero-order valence-corrected chi connectivity index (χ0v) is 9.79. The molecule has 18 heavy (non-hydrogen) atoms. The van der Waals surface area contributed by atoms with Gasteiger partial charge in [-0.25, -0.2) is 0 Å². The summed E-state index contributed by atoms with van der Waals surface area (Å²) in [5.41, 5.74) is 0.862. The molecule has 0 bridgehead atoms. The molecule has 0 aliphatic rings. The van der Waals surface area contributed by atoms with E-state index in [0.717, 1.165) is 5.56 Å². The van der Waals surface area contributed by atoms with Gasteiger partial charge < -0.3 is 10.0 Å². The van der Waals surface area contributed by atoms with E-state index in [-0.39, 0.29) is 24.5 Å². The van der Waals surface area contributed by atoms with Gasteiger partial charge in [-0.2, -0.15) is 0 Å². The molecule has 0 fully saturated rings. The van der Waals surface area contributed by atoms with Crippen LogP contribution in [-0.4, -0.2) is 29.1 Å². The third-order valence-corrected chi connectivity index (χ3v) is 2.28. The molecular weight excluding hydrogens is 236 g/mol. The van der Waals surface area contributed by atoms with Crippen molar-refractivity contribution >= 4 is 17.3 Å². The summed E-state index contributed by atoms with van der Waals surface area (Å²) in [6, 6.07) is 4.49. The van der Waals surface area contributed by atoms with Crippen molar-refractivity contribution in [2.45, 2.75) is 6.92 Å². The van der Waals surface area contributed by atoms with Gasteiger partial charge in [-0.1, -0.05) is 12.0 Å². The number of hydrogen-bond acceptors (Lipinski definition) is 4. The average molecular weight is 248 g/mol. The summed E-state index contributed by atoms with van der Waals surface area (Å²) in [6.07, 6.45) is 5.15. The Labute approximate surface area is 104 Å². The zero-order chi connectivity index (χ0) is 13.7. The Bertz CT molecular complexity index is 519. The van der Waals surface area contributed by atoms with Crippen LogP contribution in [0.25, 0.3) is 0 Å². The molecule has 6 heteroatoms. The van der Waals surface area contributed by atoms with E-state index in [2.05, 4.69) is 5.92 Å². The fraction of sp³-hybridized carbons (Fsp3) is 0.250. The van der Waals surface area contributed by atoms with Crippen LogP contribution in [0, 0.1) is 29.4 Å². The van der Waals surface area contributed by atoms with Crippen molar-refractivity contribution in [3.8, 4) is 12.3 Å². The number of nitrogens with zero attached hydrogens (tertiary/aromatic N) is 2. The van der Waals surface area contributed by atoms with E-state index in [4.69, 9.17) is 11.5 Å². The topological polar surface area (TPSA) is 83.7 Å². The van der Waals surface area contributed by atoms with Gasteiger partial charge in [-0.05, 0) is 18.6 Å². The lowest BCUT2D eigenvalue weighted by Gasteiger charge is -2.20. The quantitative estimate of drug-likeness (QED) is 0.484. The first kappa shape index (κ1) is 13.5. The monoisotopic (exact) mass is 248 g/mol. The SMILES string of the molecule is C#CCN(CC(=O)O)c1cc(C)ccc1[N+](=O)[O-]. The Morgan fingerprint density at radius 1 is 1.61 bits per heavy atom. The molecule has 0 aliphatic heterocycles. The molecule has 0 atom stereocenters. The molecule has 1 rings (SSSR count). The summed E-state index contributed by atoms with van der Waals surface area (Å²) < 4.78 is 0. The van der Waals surface area contributed by atoms with Crippen LogP contribution in [0.15, 0.2) is 18.2 Å². The molecule has 0 aliphatic carbocycles. The number of nitro groups is 1. The maximum Gasteiger partial charge on any atom is 0.323 e. The number of hydrogen-bond donors (Lipinski definition) is 1. The number of carboxylic acid groups (broad SMARTS) is 1. The molecule has 0 radical (unpaired) electrons. The molecule has 6 nitrogen and oxygen atoms in total. The van der Waals surface area contributed by atoms with E-state index in [1.807, 2.05) is 0 Å². The van der Waals surface area contributed by atoms with Crippen molar-refractivity contribution in [1.82, 2.24) is 0 Å². The Hall–Kier alpha value is -2.55. The van der Waals surface area contributed by atoms with Gasteiger partial charge in [0, 0.05) is 6.07 Å². The van der Waals surface area contributed by atoms with Crippen LogP contribution >= 0.6 is 0 Å². The van der Waals surface area contributed by atoms with Gasteiger partial charge in [0.1, 0.15) is 12.2 Å². The van der Waals surface area contributed by atoms with Gasteiger partial charge in [0.25, 0.3) is 5.69 Å². The highest BCUT2D eigenvalue weighted by Gasteiger charge is 2.20. The Kier molecular flexibility index (Phi) is 4.27. The standard InChI is InChI=1S/C12H12N2O4/c1-3-6-13(8-12(15)16)11-7-9(2)4-5-10(11)14(17)18/h1,4-5,7H,6,8H2,2H3,(H,15,16). The van der Waals surface area contributed by atoms with Crippen molar-refractivity contribution in [3.63, 3.8) is 0 Å². The lowest BCUT2D eigenvalue weighted by atomic mass is 10.1. The lowest BCUT2D eigenvalue weighted by molar-refractivity contribution is -0.384. The summed E-state index contributed by atoms with van der Waals surface area (Å²) in [5, 5.41) is 19.7. The highest BCUT2D eigenvalue weighted by Crippen LogP contribution is 2.28. The van der Waals surface area contributed by atoms with Gasteiger partial charge in [0.15, 0.2) is 0 Å². The summed E-state index contributed by atoms with van der Waals surface area (Å²) >= 11 is 0. The Morgan fingerprint density at radius 2 is 2.28 bits per heavy atom. The van der Waals surface area contributed by atoms with Crippen LogP contribution < -0.4 is 4.90 Å². The fourth-order valence-electron chi connectivity index (χ4n) is 1.54. The van der Waals surface area contributed by atoms with E-state index in [0.29, 0.717) is 0 Å². The van der Waals surface area contributed by atoms with Crippen LogP contribution in [0.2, 0.25) is 0 Å². The smallest absolute Gasteiger partial charge is 0.323 e. The molecule has 0 aromatic heterocycles. The van der Waals surface area contributed by atoms with Gasteiger partial charge in [0.2, 0.25) is 0 Å². The fourth-order valence-corrected chi connectivity index (χ4v) is 1.54.